The molecule has 2 aromatic carbocycles. The van der Waals surface area contributed by atoms with Crippen molar-refractivity contribution in [1.29, 1.82) is 0 Å². The number of methoxy groups -OCH3 is 1. The Morgan fingerprint density at radius 1 is 1.00 bits per heavy atom. The first-order chi connectivity index (χ1) is 18.6. The molecule has 0 spiro atoms. The van der Waals surface area contributed by atoms with Gasteiger partial charge in [0.15, 0.2) is 0 Å². The van der Waals surface area contributed by atoms with E-state index in [-0.39, 0.29) is 28.5 Å². The number of hydrogen-bond donors (Lipinski definition) is 2. The van der Waals surface area contributed by atoms with Crippen LogP contribution < -0.4 is 15.5 Å². The summed E-state index contributed by atoms with van der Waals surface area (Å²) >= 11 is 11.8. The number of nitrogens with zero attached hydrogens (tertiary/aromatic N) is 1. The summed E-state index contributed by atoms with van der Waals surface area (Å²) in [6.07, 6.45) is 1.44. The fourth-order valence-corrected chi connectivity index (χ4v) is 4.27. The smallest absolute Gasteiger partial charge is 0.340 e. The summed E-state index contributed by atoms with van der Waals surface area (Å²) in [6, 6.07) is 14.9. The zero-order valence-electron chi connectivity index (χ0n) is 21.1. The van der Waals surface area contributed by atoms with Crippen molar-refractivity contribution < 1.29 is 28.3 Å². The molecule has 0 saturated heterocycles. The molecule has 3 aromatic rings. The molecular formula is C28H23Cl2N3O6. The zero-order chi connectivity index (χ0) is 28.3. The molecule has 9 nitrogen and oxygen atoms in total. The number of hydrogen-bond acceptors (Lipinski definition) is 6. The van der Waals surface area contributed by atoms with Crippen molar-refractivity contribution in [1.82, 2.24) is 5.32 Å². The highest BCUT2D eigenvalue weighted by Gasteiger charge is 2.38. The molecule has 39 heavy (non-hydrogen) atoms. The summed E-state index contributed by atoms with van der Waals surface area (Å²) in [5.41, 5.74) is 2.52. The standard InChI is InChI=1S/C28H23Cl2N3O6/c1-15-5-4-6-18(11-15)33-16(2)24(28(37)38-3)21(27(33)36)13-19-8-9-20(39-19)14-31-25(34)26(35)32-17-7-10-22(29)23(30)12-17/h4-13H,14H2,1-3H3,(H,31,34)(H,32,35)/b21-13+. The number of carbonyl (C=O) groups is 4. The van der Waals surface area contributed by atoms with Crippen LogP contribution in [0.4, 0.5) is 11.4 Å². The van der Waals surface area contributed by atoms with Gasteiger partial charge in [0, 0.05) is 17.1 Å². The largest absolute Gasteiger partial charge is 0.465 e. The van der Waals surface area contributed by atoms with E-state index in [1.54, 1.807) is 25.1 Å². The van der Waals surface area contributed by atoms with Crippen LogP contribution in [0.15, 0.2) is 75.9 Å². The van der Waals surface area contributed by atoms with Gasteiger partial charge < -0.3 is 19.8 Å². The molecule has 0 bridgehead atoms. The number of nitrogens with one attached hydrogen (secondary N) is 2. The topological polar surface area (TPSA) is 118 Å². The van der Waals surface area contributed by atoms with Crippen molar-refractivity contribution in [2.75, 3.05) is 17.3 Å². The van der Waals surface area contributed by atoms with Crippen molar-refractivity contribution in [3.63, 3.8) is 0 Å². The Bertz CT molecular complexity index is 1560. The maximum Gasteiger partial charge on any atom is 0.340 e. The summed E-state index contributed by atoms with van der Waals surface area (Å²) < 4.78 is 10.7. The second-order valence-corrected chi connectivity index (χ2v) is 9.37. The van der Waals surface area contributed by atoms with E-state index in [9.17, 15) is 19.2 Å². The Kier molecular flexibility index (Phi) is 8.23. The highest BCUT2D eigenvalue weighted by molar-refractivity contribution is 6.43. The van der Waals surface area contributed by atoms with Gasteiger partial charge in [-0.05, 0) is 68.0 Å². The molecule has 2 N–H and O–H groups in total. The van der Waals surface area contributed by atoms with Crippen LogP contribution in [0.25, 0.3) is 6.08 Å². The van der Waals surface area contributed by atoms with Gasteiger partial charge in [0.1, 0.15) is 11.5 Å². The molecule has 1 aliphatic rings. The van der Waals surface area contributed by atoms with Crippen molar-refractivity contribution >= 4 is 64.3 Å². The number of furan rings is 1. The molecular weight excluding hydrogens is 545 g/mol. The molecule has 0 radical (unpaired) electrons. The number of carbonyl (C=O) groups excluding carboxylic acids is 4. The van der Waals surface area contributed by atoms with Crippen LogP contribution >= 0.6 is 23.2 Å². The molecule has 4 rings (SSSR count). The predicted molar refractivity (Wildman–Crippen MR) is 147 cm³/mol. The lowest BCUT2D eigenvalue weighted by molar-refractivity contribution is -0.136. The number of allylic oxidation sites excluding steroid dienone is 1. The Labute approximate surface area is 234 Å². The minimum Gasteiger partial charge on any atom is -0.465 e. The van der Waals surface area contributed by atoms with Crippen LogP contribution in [0.5, 0.6) is 0 Å². The van der Waals surface area contributed by atoms with E-state index in [0.29, 0.717) is 27.9 Å². The maximum absolute atomic E-state index is 13.4. The number of amides is 3. The molecule has 11 heteroatoms. The highest BCUT2D eigenvalue weighted by atomic mass is 35.5. The molecule has 0 atom stereocenters. The van der Waals surface area contributed by atoms with Gasteiger partial charge in [0.2, 0.25) is 0 Å². The van der Waals surface area contributed by atoms with Gasteiger partial charge in [0.05, 0.1) is 34.8 Å². The van der Waals surface area contributed by atoms with E-state index in [1.165, 1.54) is 36.3 Å². The van der Waals surface area contributed by atoms with Gasteiger partial charge >= 0.3 is 17.8 Å². The fourth-order valence-electron chi connectivity index (χ4n) is 3.98. The van der Waals surface area contributed by atoms with Crippen LogP contribution in [0.2, 0.25) is 10.0 Å². The lowest BCUT2D eigenvalue weighted by Gasteiger charge is -2.18. The molecule has 2 heterocycles. The Balaban J connectivity index is 1.48. The average Bonchev–Trinajstić information content (AvgIpc) is 3.45. The molecule has 0 saturated carbocycles. The number of rotatable bonds is 6. The van der Waals surface area contributed by atoms with Gasteiger partial charge in [-0.25, -0.2) is 4.79 Å². The quantitative estimate of drug-likeness (QED) is 0.245. The van der Waals surface area contributed by atoms with Crippen LogP contribution in [-0.2, 0) is 30.5 Å². The van der Waals surface area contributed by atoms with E-state index >= 15 is 0 Å². The van der Waals surface area contributed by atoms with E-state index in [4.69, 9.17) is 32.4 Å². The number of aryl methyl sites for hydroxylation is 1. The number of benzene rings is 2. The number of ether oxygens (including phenoxy) is 1. The third kappa shape index (κ3) is 6.05. The normalized spacial score (nSPS) is 14.1. The van der Waals surface area contributed by atoms with Gasteiger partial charge in [-0.1, -0.05) is 35.3 Å². The van der Waals surface area contributed by atoms with E-state index in [0.717, 1.165) is 5.56 Å². The predicted octanol–water partition coefficient (Wildman–Crippen LogP) is 5.03. The Morgan fingerprint density at radius 3 is 2.46 bits per heavy atom. The number of halogens is 2. The summed E-state index contributed by atoms with van der Waals surface area (Å²) in [7, 11) is 1.24. The molecule has 0 unspecified atom stereocenters. The summed E-state index contributed by atoms with van der Waals surface area (Å²) in [5.74, 6) is -2.29. The second kappa shape index (κ2) is 11.6. The van der Waals surface area contributed by atoms with Gasteiger partial charge in [-0.15, -0.1) is 0 Å². The van der Waals surface area contributed by atoms with Gasteiger partial charge in [-0.2, -0.15) is 0 Å². The van der Waals surface area contributed by atoms with Crippen LogP contribution in [0, 0.1) is 6.92 Å². The lowest BCUT2D eigenvalue weighted by Crippen LogP contribution is -2.34. The third-order valence-corrected chi connectivity index (χ3v) is 6.56. The van der Waals surface area contributed by atoms with E-state index in [1.807, 2.05) is 25.1 Å². The molecule has 0 aliphatic carbocycles. The first-order valence-corrected chi connectivity index (χ1v) is 12.4. The van der Waals surface area contributed by atoms with Crippen LogP contribution in [-0.4, -0.2) is 30.8 Å². The highest BCUT2D eigenvalue weighted by Crippen LogP contribution is 2.36. The van der Waals surface area contributed by atoms with E-state index < -0.39 is 23.7 Å². The van der Waals surface area contributed by atoms with E-state index in [2.05, 4.69) is 10.6 Å². The minimum atomic E-state index is -0.904. The first-order valence-electron chi connectivity index (χ1n) is 11.6. The van der Waals surface area contributed by atoms with Gasteiger partial charge in [-0.3, -0.25) is 19.3 Å². The average molecular weight is 568 g/mol. The van der Waals surface area contributed by atoms with Crippen molar-refractivity contribution in [3.8, 4) is 0 Å². The van der Waals surface area contributed by atoms with Crippen LogP contribution in [0.3, 0.4) is 0 Å². The zero-order valence-corrected chi connectivity index (χ0v) is 22.6. The summed E-state index contributed by atoms with van der Waals surface area (Å²) in [6.45, 7) is 3.47. The van der Waals surface area contributed by atoms with Crippen molar-refractivity contribution in [3.05, 3.63) is 98.6 Å². The summed E-state index contributed by atoms with van der Waals surface area (Å²) in [5, 5.41) is 5.43. The Hall–Kier alpha value is -4.34. The number of esters is 1. The molecule has 3 amide bonds. The lowest BCUT2D eigenvalue weighted by atomic mass is 10.1. The molecule has 1 aliphatic heterocycles. The molecule has 1 aromatic heterocycles. The first kappa shape index (κ1) is 27.7. The summed E-state index contributed by atoms with van der Waals surface area (Å²) in [4.78, 5) is 51.9. The number of anilines is 2. The maximum atomic E-state index is 13.4. The van der Waals surface area contributed by atoms with Crippen molar-refractivity contribution in [2.24, 2.45) is 0 Å². The van der Waals surface area contributed by atoms with Gasteiger partial charge in [0.25, 0.3) is 5.91 Å². The SMILES string of the molecule is COC(=O)C1=C(C)N(c2cccc(C)c2)C(=O)/C1=C/c1ccc(CNC(=O)C(=O)Nc2ccc(Cl)c(Cl)c2)o1. The minimum absolute atomic E-state index is 0.0983. The van der Waals surface area contributed by atoms with Crippen molar-refractivity contribution in [2.45, 2.75) is 20.4 Å². The monoisotopic (exact) mass is 567 g/mol. The third-order valence-electron chi connectivity index (χ3n) is 5.83. The fraction of sp³-hybridized carbons (Fsp3) is 0.143. The second-order valence-electron chi connectivity index (χ2n) is 8.56. The Morgan fingerprint density at radius 2 is 1.77 bits per heavy atom. The molecule has 200 valence electrons. The molecule has 0 fully saturated rings. The van der Waals surface area contributed by atoms with Crippen LogP contribution in [0.1, 0.15) is 24.0 Å².